The summed E-state index contributed by atoms with van der Waals surface area (Å²) in [4.78, 5) is 35.1. The van der Waals surface area contributed by atoms with E-state index >= 15 is 0 Å². The number of non-ortho nitro benzene ring substituents is 1. The molecule has 1 fully saturated rings. The number of furan rings is 1. The normalized spacial score (nSPS) is 14.8. The molecule has 8 nitrogen and oxygen atoms in total. The Morgan fingerprint density at radius 2 is 1.90 bits per heavy atom. The molecule has 0 N–H and O–H groups in total. The second kappa shape index (κ2) is 11.3. The molecule has 3 rings (SSSR count). The Labute approximate surface area is 224 Å². The van der Waals surface area contributed by atoms with Gasteiger partial charge in [0.15, 0.2) is 0 Å². The van der Waals surface area contributed by atoms with Crippen molar-refractivity contribution in [3.05, 3.63) is 57.2 Å². The molecule has 0 bridgehead atoms. The molecule has 30 heavy (non-hydrogen) atoms. The average molecular weight is 471 g/mol. The van der Waals surface area contributed by atoms with Crippen molar-refractivity contribution in [2.75, 3.05) is 6.54 Å². The van der Waals surface area contributed by atoms with Gasteiger partial charge in [-0.3, -0.25) is 19.8 Å². The van der Waals surface area contributed by atoms with E-state index in [4.69, 9.17) is 16.6 Å². The Hall–Kier alpha value is -1.34. The average Bonchev–Trinajstić information content (AvgIpc) is 3.25. The van der Waals surface area contributed by atoms with Gasteiger partial charge < -0.3 is 14.3 Å². The monoisotopic (exact) mass is 470 g/mol. The molecule has 11 heteroatoms. The largest absolute Gasteiger partial charge is 1.00 e. The van der Waals surface area contributed by atoms with Crippen molar-refractivity contribution in [2.24, 2.45) is 0 Å². The van der Waals surface area contributed by atoms with Gasteiger partial charge in [-0.25, -0.2) is 0 Å². The van der Waals surface area contributed by atoms with Gasteiger partial charge >= 0.3 is 51.4 Å². The topological polar surface area (TPSA) is 117 Å². The van der Waals surface area contributed by atoms with Crippen LogP contribution in [0, 0.1) is 10.1 Å². The van der Waals surface area contributed by atoms with Crippen LogP contribution in [0.4, 0.5) is 5.69 Å². The molecule has 150 valence electrons. The molecule has 1 saturated heterocycles. The van der Waals surface area contributed by atoms with E-state index in [1.54, 1.807) is 30.3 Å². The van der Waals surface area contributed by atoms with Crippen LogP contribution < -0.4 is 56.5 Å². The van der Waals surface area contributed by atoms with E-state index in [9.17, 15) is 24.8 Å². The molecule has 1 amide bonds. The molecule has 0 atom stereocenters. The van der Waals surface area contributed by atoms with Crippen LogP contribution >= 0.6 is 24.0 Å². The van der Waals surface area contributed by atoms with Crippen LogP contribution in [0.2, 0.25) is 0 Å². The number of carbonyl (C=O) groups is 2. The van der Waals surface area contributed by atoms with E-state index in [1.165, 1.54) is 17.0 Å². The third-order valence-electron chi connectivity index (χ3n) is 4.15. The molecular formula is C19H15KN2O6S2. The van der Waals surface area contributed by atoms with Gasteiger partial charge in [0.1, 0.15) is 15.8 Å². The Bertz CT molecular complexity index is 1000. The minimum absolute atomic E-state index is 0. The molecule has 0 spiro atoms. The third-order valence-corrected chi connectivity index (χ3v) is 5.53. The van der Waals surface area contributed by atoms with Crippen LogP contribution in [-0.2, 0) is 9.59 Å². The molecule has 1 aliphatic heterocycles. The van der Waals surface area contributed by atoms with Crippen molar-refractivity contribution in [1.82, 2.24) is 4.90 Å². The number of benzene rings is 1. The van der Waals surface area contributed by atoms with E-state index in [-0.39, 0.29) is 69.4 Å². The van der Waals surface area contributed by atoms with Crippen LogP contribution in [-0.4, -0.2) is 32.6 Å². The van der Waals surface area contributed by atoms with Gasteiger partial charge in [-0.1, -0.05) is 24.0 Å². The van der Waals surface area contributed by atoms with Crippen LogP contribution in [0.1, 0.15) is 25.0 Å². The fourth-order valence-corrected chi connectivity index (χ4v) is 3.98. The molecule has 1 aromatic carbocycles. The molecule has 2 heterocycles. The molecule has 0 aliphatic carbocycles. The van der Waals surface area contributed by atoms with E-state index in [0.717, 1.165) is 11.8 Å². The van der Waals surface area contributed by atoms with Crippen LogP contribution in [0.15, 0.2) is 45.7 Å². The fraction of sp³-hybridized carbons (Fsp3) is 0.211. The van der Waals surface area contributed by atoms with Crippen molar-refractivity contribution in [2.45, 2.75) is 19.3 Å². The first-order valence-corrected chi connectivity index (χ1v) is 9.87. The van der Waals surface area contributed by atoms with Gasteiger partial charge in [0.2, 0.25) is 0 Å². The first-order valence-electron chi connectivity index (χ1n) is 8.65. The number of carboxylic acid groups (broad SMARTS) is 1. The molecular weight excluding hydrogens is 455 g/mol. The van der Waals surface area contributed by atoms with Crippen molar-refractivity contribution >= 4 is 51.9 Å². The van der Waals surface area contributed by atoms with Gasteiger partial charge in [-0.15, -0.1) is 0 Å². The number of carboxylic acids is 1. The van der Waals surface area contributed by atoms with E-state index in [2.05, 4.69) is 0 Å². The molecule has 1 aromatic heterocycles. The summed E-state index contributed by atoms with van der Waals surface area (Å²) in [6.07, 6.45) is 2.46. The summed E-state index contributed by atoms with van der Waals surface area (Å²) in [6.45, 7) is 0.349. The summed E-state index contributed by atoms with van der Waals surface area (Å²) in [7, 11) is 0. The summed E-state index contributed by atoms with van der Waals surface area (Å²) >= 11 is 6.40. The molecule has 1 aliphatic rings. The number of carbonyl (C=O) groups excluding carboxylic acids is 2. The Morgan fingerprint density at radius 1 is 1.20 bits per heavy atom. The Kier molecular flexibility index (Phi) is 9.41. The quantitative estimate of drug-likeness (QED) is 0.132. The van der Waals surface area contributed by atoms with E-state index in [0.29, 0.717) is 45.7 Å². The van der Waals surface area contributed by atoms with Gasteiger partial charge in [0.05, 0.1) is 9.83 Å². The summed E-state index contributed by atoms with van der Waals surface area (Å²) in [5.41, 5.74) is 0.666. The zero-order valence-corrected chi connectivity index (χ0v) is 20.8. The molecule has 2 aromatic rings. The first-order chi connectivity index (χ1) is 13.8. The SMILES string of the molecule is O=C([O-])CCCCN1C(=O)/C(=C/c2ccc(-c3ccc([N+](=O)[O-])cc3)o2)SC1=S.[K+]. The van der Waals surface area contributed by atoms with Crippen molar-refractivity contribution in [1.29, 1.82) is 0 Å². The number of aliphatic carboxylic acids is 1. The van der Waals surface area contributed by atoms with Gasteiger partial charge in [0.25, 0.3) is 11.6 Å². The predicted molar refractivity (Wildman–Crippen MR) is 110 cm³/mol. The maximum atomic E-state index is 12.5. The Balaban J connectivity index is 0.00000320. The van der Waals surface area contributed by atoms with Crippen LogP contribution in [0.5, 0.6) is 0 Å². The zero-order valence-electron chi connectivity index (χ0n) is 16.0. The van der Waals surface area contributed by atoms with Crippen molar-refractivity contribution < 1.29 is 75.4 Å². The number of thioether (sulfide) groups is 1. The number of thiocarbonyl (C=S) groups is 1. The minimum atomic E-state index is -1.11. The smallest absolute Gasteiger partial charge is 0.550 e. The Morgan fingerprint density at radius 3 is 2.53 bits per heavy atom. The standard InChI is InChI=1S/C19H16N2O6S2.K/c22-17(23)3-1-2-10-20-18(24)16(29-19(20)28)11-14-8-9-15(27-14)12-4-6-13(7-5-12)21(25)26;/h4-9,11H,1-3,10H2,(H,22,23);/q;+1/p-1/b16-11-;. The fourth-order valence-electron chi connectivity index (χ4n) is 2.69. The molecule has 0 radical (unpaired) electrons. The number of nitro groups is 1. The number of hydrogen-bond donors (Lipinski definition) is 0. The van der Waals surface area contributed by atoms with Crippen LogP contribution in [0.3, 0.4) is 0 Å². The number of unbranched alkanes of at least 4 members (excludes halogenated alkanes) is 1. The zero-order chi connectivity index (χ0) is 21.0. The summed E-state index contributed by atoms with van der Waals surface area (Å²) in [5, 5.41) is 21.2. The minimum Gasteiger partial charge on any atom is -0.550 e. The van der Waals surface area contributed by atoms with Gasteiger partial charge in [0, 0.05) is 36.3 Å². The maximum absolute atomic E-state index is 12.5. The number of nitrogens with zero attached hydrogens (tertiary/aromatic N) is 2. The number of rotatable bonds is 8. The second-order valence-electron chi connectivity index (χ2n) is 6.17. The second-order valence-corrected chi connectivity index (χ2v) is 7.84. The van der Waals surface area contributed by atoms with E-state index in [1.807, 2.05) is 0 Å². The van der Waals surface area contributed by atoms with Crippen molar-refractivity contribution in [3.8, 4) is 11.3 Å². The first kappa shape index (κ1) is 24.9. The van der Waals surface area contributed by atoms with Crippen molar-refractivity contribution in [3.63, 3.8) is 0 Å². The van der Waals surface area contributed by atoms with E-state index < -0.39 is 10.9 Å². The number of nitro benzene ring substituents is 1. The predicted octanol–water partition coefficient (Wildman–Crippen LogP) is -0.0198. The molecule has 0 saturated carbocycles. The number of hydrogen-bond acceptors (Lipinski definition) is 8. The van der Waals surface area contributed by atoms with Crippen LogP contribution in [0.25, 0.3) is 17.4 Å². The molecule has 0 unspecified atom stereocenters. The summed E-state index contributed by atoms with van der Waals surface area (Å²) in [6, 6.07) is 9.38. The summed E-state index contributed by atoms with van der Waals surface area (Å²) < 4.78 is 6.14. The third kappa shape index (κ3) is 6.33. The maximum Gasteiger partial charge on any atom is 1.00 e. The summed E-state index contributed by atoms with van der Waals surface area (Å²) in [5.74, 6) is -0.390. The van der Waals surface area contributed by atoms with Gasteiger partial charge in [-0.05, 0) is 43.5 Å². The van der Waals surface area contributed by atoms with Gasteiger partial charge in [-0.2, -0.15) is 0 Å². The number of amides is 1.